The van der Waals surface area contributed by atoms with E-state index in [0.29, 0.717) is 21.8 Å². The Morgan fingerprint density at radius 2 is 1.97 bits per heavy atom. The van der Waals surface area contributed by atoms with Gasteiger partial charge in [0.05, 0.1) is 5.69 Å². The molecular weight excluding hydrogens is 416 g/mol. The van der Waals surface area contributed by atoms with Crippen molar-refractivity contribution in [3.8, 4) is 0 Å². The molecule has 0 bridgehead atoms. The van der Waals surface area contributed by atoms with Crippen LogP contribution in [-0.4, -0.2) is 47.3 Å². The number of nitrogens with two attached hydrogens (primary N) is 2. The number of amides is 1. The number of nitrogens with one attached hydrogen (secondary N) is 2. The fourth-order valence-corrected chi connectivity index (χ4v) is 4.16. The van der Waals surface area contributed by atoms with Crippen molar-refractivity contribution in [2.45, 2.75) is 18.6 Å². The molecule has 2 atom stereocenters. The van der Waals surface area contributed by atoms with Crippen molar-refractivity contribution < 1.29 is 9.53 Å². The fraction of sp³-hybridized carbons (Fsp3) is 0.300. The van der Waals surface area contributed by atoms with Gasteiger partial charge in [0.15, 0.2) is 6.10 Å². The molecule has 3 heterocycles. The maximum atomic E-state index is 12.6. The van der Waals surface area contributed by atoms with Gasteiger partial charge in [0.25, 0.3) is 5.91 Å². The zero-order chi connectivity index (χ0) is 21.8. The number of carbonyl (C=O) groups excluding carboxylic acids is 1. The van der Waals surface area contributed by atoms with Gasteiger partial charge in [-0.3, -0.25) is 10.1 Å². The maximum absolute atomic E-state index is 12.6. The van der Waals surface area contributed by atoms with Crippen molar-refractivity contribution in [2.75, 3.05) is 47.2 Å². The molecule has 0 aliphatic carbocycles. The highest BCUT2D eigenvalue weighted by atomic mass is 32.1. The third-order valence-corrected chi connectivity index (χ3v) is 5.78. The van der Waals surface area contributed by atoms with E-state index in [1.54, 1.807) is 6.07 Å². The van der Waals surface area contributed by atoms with Crippen molar-refractivity contribution in [3.63, 3.8) is 0 Å². The van der Waals surface area contributed by atoms with Gasteiger partial charge in [0, 0.05) is 26.2 Å². The lowest BCUT2D eigenvalue weighted by atomic mass is 10.1. The van der Waals surface area contributed by atoms with Gasteiger partial charge in [-0.2, -0.15) is 0 Å². The molecule has 1 amide bonds. The molecule has 1 fully saturated rings. The van der Waals surface area contributed by atoms with E-state index in [0.717, 1.165) is 30.9 Å². The molecule has 0 saturated carbocycles. The quantitative estimate of drug-likeness (QED) is 0.434. The van der Waals surface area contributed by atoms with Crippen LogP contribution in [0.3, 0.4) is 0 Å². The first-order valence-electron chi connectivity index (χ1n) is 9.79. The highest BCUT2D eigenvalue weighted by molar-refractivity contribution is 7.19. The summed E-state index contributed by atoms with van der Waals surface area (Å²) in [6.07, 6.45) is 0.192. The van der Waals surface area contributed by atoms with Crippen LogP contribution in [0.1, 0.15) is 18.1 Å². The summed E-state index contributed by atoms with van der Waals surface area (Å²) in [6.45, 7) is 1.58. The number of benzene rings is 1. The van der Waals surface area contributed by atoms with Crippen LogP contribution in [0, 0.1) is 0 Å². The average molecular weight is 441 g/mol. The number of methoxy groups -OCH3 is 1. The second-order valence-electron chi connectivity index (χ2n) is 7.15. The Morgan fingerprint density at radius 1 is 1.19 bits per heavy atom. The molecular formula is C20H24N8O2S. The lowest BCUT2D eigenvalue weighted by Crippen LogP contribution is -2.26. The van der Waals surface area contributed by atoms with Crippen LogP contribution in [0.25, 0.3) is 0 Å². The number of hydrogen-bond acceptors (Lipinski definition) is 10. The zero-order valence-corrected chi connectivity index (χ0v) is 17.8. The number of nitrogen functional groups attached to an aromatic ring is 2. The number of anilines is 5. The number of nitrogens with zero attached hydrogens (tertiary/aromatic N) is 4. The number of ether oxygens (including phenoxy) is 1. The minimum Gasteiger partial charge on any atom is -0.396 e. The number of pyridine rings is 1. The zero-order valence-electron chi connectivity index (χ0n) is 17.0. The molecule has 1 aliphatic rings. The summed E-state index contributed by atoms with van der Waals surface area (Å²) in [5.41, 5.74) is 12.8. The third-order valence-electron chi connectivity index (χ3n) is 5.01. The van der Waals surface area contributed by atoms with E-state index in [1.807, 2.05) is 36.4 Å². The second kappa shape index (κ2) is 9.14. The molecule has 11 heteroatoms. The highest BCUT2D eigenvalue weighted by Gasteiger charge is 2.25. The van der Waals surface area contributed by atoms with Gasteiger partial charge >= 0.3 is 0 Å². The van der Waals surface area contributed by atoms with Crippen molar-refractivity contribution in [1.82, 2.24) is 15.2 Å². The Hall–Kier alpha value is -3.44. The minimum atomic E-state index is -0.718. The summed E-state index contributed by atoms with van der Waals surface area (Å²) in [6, 6.07) is 13.1. The molecule has 162 valence electrons. The Balaban J connectivity index is 1.34. The standard InChI is InChI=1S/C20H24N8O2S/c1-30-16(12-5-3-2-4-6-12)18(29)25-20-27-26-19(31-20)23-13-9-10-28(11-13)15-8-7-14(21)17(22)24-15/h2-8,13,16H,9-11,21H2,1H3,(H2,22,24)(H,23,26)(H,25,27,29)/t13-,16-/m1/s1. The normalized spacial score (nSPS) is 16.8. The Kier molecular flexibility index (Phi) is 6.14. The van der Waals surface area contributed by atoms with Gasteiger partial charge in [-0.05, 0) is 24.1 Å². The molecule has 0 radical (unpaired) electrons. The van der Waals surface area contributed by atoms with Crippen LogP contribution in [0.2, 0.25) is 0 Å². The van der Waals surface area contributed by atoms with Crippen LogP contribution in [0.4, 0.5) is 27.6 Å². The summed E-state index contributed by atoms with van der Waals surface area (Å²) in [5, 5.41) is 15.4. The molecule has 1 aliphatic heterocycles. The predicted octanol–water partition coefficient (Wildman–Crippen LogP) is 2.11. The minimum absolute atomic E-state index is 0.174. The van der Waals surface area contributed by atoms with Gasteiger partial charge in [0.2, 0.25) is 10.3 Å². The number of hydrogen-bond donors (Lipinski definition) is 4. The monoisotopic (exact) mass is 440 g/mol. The predicted molar refractivity (Wildman–Crippen MR) is 122 cm³/mol. The molecule has 1 saturated heterocycles. The molecule has 2 aromatic heterocycles. The Morgan fingerprint density at radius 3 is 2.71 bits per heavy atom. The van der Waals surface area contributed by atoms with E-state index >= 15 is 0 Å². The molecule has 4 rings (SSSR count). The van der Waals surface area contributed by atoms with Gasteiger partial charge in [-0.25, -0.2) is 4.98 Å². The first-order valence-corrected chi connectivity index (χ1v) is 10.6. The van der Waals surface area contributed by atoms with E-state index in [9.17, 15) is 4.79 Å². The fourth-order valence-electron chi connectivity index (χ4n) is 3.44. The number of carbonyl (C=O) groups is 1. The maximum Gasteiger partial charge on any atom is 0.259 e. The van der Waals surface area contributed by atoms with E-state index in [1.165, 1.54) is 18.4 Å². The summed E-state index contributed by atoms with van der Waals surface area (Å²) < 4.78 is 5.35. The Labute approximate surface area is 183 Å². The summed E-state index contributed by atoms with van der Waals surface area (Å²) >= 11 is 1.28. The average Bonchev–Trinajstić information content (AvgIpc) is 3.41. The van der Waals surface area contributed by atoms with E-state index in [4.69, 9.17) is 16.2 Å². The molecule has 0 unspecified atom stereocenters. The SMILES string of the molecule is CO[C@@H](C(=O)Nc1nnc(N[C@@H]2CCN(c3ccc(N)c(N)n3)C2)s1)c1ccccc1. The van der Waals surface area contributed by atoms with Crippen LogP contribution in [-0.2, 0) is 9.53 Å². The summed E-state index contributed by atoms with van der Waals surface area (Å²) in [4.78, 5) is 19.1. The largest absolute Gasteiger partial charge is 0.396 e. The smallest absolute Gasteiger partial charge is 0.259 e. The van der Waals surface area contributed by atoms with Crippen molar-refractivity contribution >= 4 is 44.8 Å². The molecule has 0 spiro atoms. The van der Waals surface area contributed by atoms with Gasteiger partial charge in [0.1, 0.15) is 11.6 Å². The molecule has 31 heavy (non-hydrogen) atoms. The summed E-state index contributed by atoms with van der Waals surface area (Å²) in [5.74, 6) is 0.839. The highest BCUT2D eigenvalue weighted by Crippen LogP contribution is 2.27. The van der Waals surface area contributed by atoms with E-state index in [2.05, 4.69) is 30.7 Å². The van der Waals surface area contributed by atoms with E-state index in [-0.39, 0.29) is 11.9 Å². The van der Waals surface area contributed by atoms with Crippen molar-refractivity contribution in [3.05, 3.63) is 48.0 Å². The molecule has 1 aromatic carbocycles. The van der Waals surface area contributed by atoms with Crippen LogP contribution >= 0.6 is 11.3 Å². The lowest BCUT2D eigenvalue weighted by Gasteiger charge is -2.18. The molecule has 3 aromatic rings. The van der Waals surface area contributed by atoms with Gasteiger partial charge in [-0.1, -0.05) is 41.7 Å². The molecule has 6 N–H and O–H groups in total. The van der Waals surface area contributed by atoms with Crippen molar-refractivity contribution in [2.24, 2.45) is 0 Å². The Bertz CT molecular complexity index is 1040. The second-order valence-corrected chi connectivity index (χ2v) is 8.13. The van der Waals surface area contributed by atoms with Crippen LogP contribution in [0.5, 0.6) is 0 Å². The van der Waals surface area contributed by atoms with Crippen molar-refractivity contribution in [1.29, 1.82) is 0 Å². The van der Waals surface area contributed by atoms with E-state index < -0.39 is 6.10 Å². The van der Waals surface area contributed by atoms with Crippen LogP contribution < -0.4 is 27.0 Å². The molecule has 10 nitrogen and oxygen atoms in total. The first-order chi connectivity index (χ1) is 15.0. The van der Waals surface area contributed by atoms with Gasteiger partial charge < -0.3 is 26.4 Å². The number of aromatic nitrogens is 3. The first kappa shape index (κ1) is 20.8. The lowest BCUT2D eigenvalue weighted by molar-refractivity contribution is -0.126. The van der Waals surface area contributed by atoms with Gasteiger partial charge in [-0.15, -0.1) is 10.2 Å². The van der Waals surface area contributed by atoms with Crippen LogP contribution in [0.15, 0.2) is 42.5 Å². The number of rotatable bonds is 7. The topological polar surface area (TPSA) is 144 Å². The third kappa shape index (κ3) is 4.84. The summed E-state index contributed by atoms with van der Waals surface area (Å²) in [7, 11) is 1.50.